The lowest BCUT2D eigenvalue weighted by molar-refractivity contribution is 0.0948. The Kier molecular flexibility index (Phi) is 6.26. The summed E-state index contributed by atoms with van der Waals surface area (Å²) in [6.45, 7) is 1.99. The molecule has 2 heterocycles. The van der Waals surface area contributed by atoms with Crippen molar-refractivity contribution >= 4 is 23.1 Å². The molecule has 12 nitrogen and oxygen atoms in total. The topological polar surface area (TPSA) is 164 Å². The van der Waals surface area contributed by atoms with E-state index in [9.17, 15) is 4.79 Å². The maximum absolute atomic E-state index is 13.0. The minimum absolute atomic E-state index is 0.00940. The van der Waals surface area contributed by atoms with Crippen molar-refractivity contribution in [3.8, 4) is 11.9 Å². The van der Waals surface area contributed by atoms with Crippen LogP contribution in [0.5, 0.6) is 0 Å². The number of carbonyl (C=O) groups is 1. The van der Waals surface area contributed by atoms with Gasteiger partial charge in [0, 0.05) is 12.7 Å². The number of nitrogens with zero attached hydrogens (tertiary/aromatic N) is 8. The molecule has 0 unspecified atom stereocenters. The summed E-state index contributed by atoms with van der Waals surface area (Å²) in [5.74, 6) is -0.429. The van der Waals surface area contributed by atoms with Crippen LogP contribution in [0, 0.1) is 11.3 Å². The van der Waals surface area contributed by atoms with Crippen molar-refractivity contribution in [2.75, 3.05) is 17.7 Å². The number of hydrazone groups is 1. The minimum Gasteiger partial charge on any atom is -0.378 e. The summed E-state index contributed by atoms with van der Waals surface area (Å²) in [6, 6.07) is 18.5. The van der Waals surface area contributed by atoms with Crippen LogP contribution in [0.25, 0.3) is 5.82 Å². The van der Waals surface area contributed by atoms with E-state index in [1.807, 2.05) is 42.3 Å². The maximum atomic E-state index is 13.0. The third-order valence-corrected chi connectivity index (χ3v) is 5.02. The van der Waals surface area contributed by atoms with Gasteiger partial charge in [0.2, 0.25) is 11.6 Å². The highest BCUT2D eigenvalue weighted by molar-refractivity contribution is 6.00. The standard InChI is InChI=1S/C22H20N10O2/c1-14(16-10-8-15(12-23)9-11-16)25-27-22(33)19-18(13-31(2)17-6-4-3-5-7-17)32(30-26-19)21-20(24)28-34-29-21/h3-11H,13H2,1-2H3,(H2,24,28)(H,27,33)/b25-14-. The van der Waals surface area contributed by atoms with Gasteiger partial charge in [-0.25, -0.2) is 10.1 Å². The van der Waals surface area contributed by atoms with E-state index in [4.69, 9.17) is 11.0 Å². The second-order valence-electron chi connectivity index (χ2n) is 7.29. The van der Waals surface area contributed by atoms with Gasteiger partial charge in [-0.15, -0.1) is 5.10 Å². The quantitative estimate of drug-likeness (QED) is 0.312. The molecule has 4 aromatic rings. The fourth-order valence-corrected chi connectivity index (χ4v) is 3.16. The number of carbonyl (C=O) groups excluding carboxylic acids is 1. The predicted molar refractivity (Wildman–Crippen MR) is 123 cm³/mol. The van der Waals surface area contributed by atoms with Gasteiger partial charge in [0.15, 0.2) is 5.69 Å². The molecule has 0 fully saturated rings. The number of rotatable bonds is 7. The van der Waals surface area contributed by atoms with Crippen molar-refractivity contribution < 1.29 is 9.42 Å². The van der Waals surface area contributed by atoms with E-state index < -0.39 is 5.91 Å². The first-order valence-corrected chi connectivity index (χ1v) is 10.1. The summed E-state index contributed by atoms with van der Waals surface area (Å²) in [5, 5.41) is 28.5. The van der Waals surface area contributed by atoms with Crippen LogP contribution in [0.2, 0.25) is 0 Å². The molecule has 0 bridgehead atoms. The van der Waals surface area contributed by atoms with E-state index >= 15 is 0 Å². The third-order valence-electron chi connectivity index (χ3n) is 5.02. The first kappa shape index (κ1) is 22.2. The number of hydrogen-bond acceptors (Lipinski definition) is 10. The van der Waals surface area contributed by atoms with E-state index in [1.165, 1.54) is 4.68 Å². The highest BCUT2D eigenvalue weighted by Crippen LogP contribution is 2.20. The first-order chi connectivity index (χ1) is 16.5. The average Bonchev–Trinajstić information content (AvgIpc) is 3.48. The number of benzene rings is 2. The Morgan fingerprint density at radius 3 is 2.59 bits per heavy atom. The van der Waals surface area contributed by atoms with Crippen LogP contribution >= 0.6 is 0 Å². The number of amides is 1. The molecule has 0 saturated heterocycles. The number of nitrogens with one attached hydrogen (secondary N) is 1. The van der Waals surface area contributed by atoms with Crippen molar-refractivity contribution in [2.45, 2.75) is 13.5 Å². The van der Waals surface area contributed by atoms with Crippen molar-refractivity contribution in [3.05, 3.63) is 77.1 Å². The van der Waals surface area contributed by atoms with Crippen LogP contribution in [0.4, 0.5) is 11.5 Å². The van der Waals surface area contributed by atoms with Gasteiger partial charge in [0.1, 0.15) is 0 Å². The largest absolute Gasteiger partial charge is 0.378 e. The fraction of sp³-hybridized carbons (Fsp3) is 0.136. The van der Waals surface area contributed by atoms with Gasteiger partial charge in [-0.1, -0.05) is 35.5 Å². The van der Waals surface area contributed by atoms with E-state index in [2.05, 4.69) is 41.9 Å². The van der Waals surface area contributed by atoms with Crippen molar-refractivity contribution in [1.82, 2.24) is 30.7 Å². The Hall–Kier alpha value is -5.05. The summed E-state index contributed by atoms with van der Waals surface area (Å²) in [4.78, 5) is 14.9. The minimum atomic E-state index is -0.564. The SMILES string of the molecule is C/C(=N/NC(=O)c1nnn(-c2nonc2N)c1CN(C)c1ccccc1)c1ccc(C#N)cc1. The van der Waals surface area contributed by atoms with Crippen molar-refractivity contribution in [2.24, 2.45) is 5.10 Å². The number of anilines is 2. The zero-order valence-electron chi connectivity index (χ0n) is 18.4. The molecular formula is C22H20N10O2. The van der Waals surface area contributed by atoms with Gasteiger partial charge in [-0.3, -0.25) is 4.79 Å². The molecule has 0 aliphatic carbocycles. The molecule has 0 spiro atoms. The van der Waals surface area contributed by atoms with Crippen LogP contribution in [0.1, 0.15) is 34.2 Å². The molecule has 2 aromatic heterocycles. The molecule has 4 rings (SSSR count). The molecule has 34 heavy (non-hydrogen) atoms. The van der Waals surface area contributed by atoms with Gasteiger partial charge < -0.3 is 10.6 Å². The number of para-hydroxylation sites is 1. The maximum Gasteiger partial charge on any atom is 0.293 e. The zero-order chi connectivity index (χ0) is 24.1. The molecule has 170 valence electrons. The third kappa shape index (κ3) is 4.58. The number of nitrogens with two attached hydrogens (primary N) is 1. The van der Waals surface area contributed by atoms with E-state index in [0.29, 0.717) is 17.0 Å². The van der Waals surface area contributed by atoms with Crippen LogP contribution < -0.4 is 16.1 Å². The lowest BCUT2D eigenvalue weighted by atomic mass is 10.1. The summed E-state index contributed by atoms with van der Waals surface area (Å²) < 4.78 is 6.01. The normalized spacial score (nSPS) is 11.1. The molecule has 2 aromatic carbocycles. The second kappa shape index (κ2) is 9.61. The summed E-state index contributed by atoms with van der Waals surface area (Å²) >= 11 is 0. The van der Waals surface area contributed by atoms with Crippen LogP contribution in [-0.4, -0.2) is 44.0 Å². The predicted octanol–water partition coefficient (Wildman–Crippen LogP) is 1.89. The number of aromatic nitrogens is 5. The van der Waals surface area contributed by atoms with E-state index in [1.54, 1.807) is 31.2 Å². The number of nitrogen functional groups attached to an aromatic ring is 1. The van der Waals surface area contributed by atoms with Crippen molar-refractivity contribution in [3.63, 3.8) is 0 Å². The molecular weight excluding hydrogens is 436 g/mol. The monoisotopic (exact) mass is 456 g/mol. The molecule has 12 heteroatoms. The summed E-state index contributed by atoms with van der Waals surface area (Å²) in [6.07, 6.45) is 0. The Morgan fingerprint density at radius 1 is 1.21 bits per heavy atom. The zero-order valence-corrected chi connectivity index (χ0v) is 18.4. The first-order valence-electron chi connectivity index (χ1n) is 10.1. The molecule has 3 N–H and O–H groups in total. The Labute approximate surface area is 194 Å². The average molecular weight is 456 g/mol. The Bertz CT molecular complexity index is 1370. The van der Waals surface area contributed by atoms with Gasteiger partial charge >= 0.3 is 0 Å². The molecule has 0 atom stereocenters. The molecule has 0 aliphatic heterocycles. The molecule has 1 amide bonds. The van der Waals surface area contributed by atoms with Crippen LogP contribution in [0.15, 0.2) is 64.3 Å². The van der Waals surface area contributed by atoms with Gasteiger partial charge in [0.25, 0.3) is 5.91 Å². The highest BCUT2D eigenvalue weighted by Gasteiger charge is 2.25. The molecule has 0 aliphatic rings. The molecule has 0 saturated carbocycles. The fourth-order valence-electron chi connectivity index (χ4n) is 3.16. The Morgan fingerprint density at radius 2 is 1.94 bits per heavy atom. The van der Waals surface area contributed by atoms with Gasteiger partial charge in [-0.05, 0) is 47.1 Å². The lowest BCUT2D eigenvalue weighted by Crippen LogP contribution is -2.25. The van der Waals surface area contributed by atoms with E-state index in [-0.39, 0.29) is 23.9 Å². The van der Waals surface area contributed by atoms with Crippen molar-refractivity contribution in [1.29, 1.82) is 5.26 Å². The lowest BCUT2D eigenvalue weighted by Gasteiger charge is -2.19. The van der Waals surface area contributed by atoms with Gasteiger partial charge in [0.05, 0.1) is 29.6 Å². The van der Waals surface area contributed by atoms with Gasteiger partial charge in [-0.2, -0.15) is 15.0 Å². The molecule has 0 radical (unpaired) electrons. The second-order valence-corrected chi connectivity index (χ2v) is 7.29. The highest BCUT2D eigenvalue weighted by atomic mass is 16.6. The summed E-state index contributed by atoms with van der Waals surface area (Å²) in [5.41, 5.74) is 11.6. The van der Waals surface area contributed by atoms with Crippen LogP contribution in [-0.2, 0) is 6.54 Å². The van der Waals surface area contributed by atoms with E-state index in [0.717, 1.165) is 11.3 Å². The smallest absolute Gasteiger partial charge is 0.293 e. The number of nitriles is 1. The Balaban J connectivity index is 1.62. The van der Waals surface area contributed by atoms with Crippen LogP contribution in [0.3, 0.4) is 0 Å². The summed E-state index contributed by atoms with van der Waals surface area (Å²) in [7, 11) is 1.87. The number of hydrogen-bond donors (Lipinski definition) is 2.